The summed E-state index contributed by atoms with van der Waals surface area (Å²) in [5.41, 5.74) is 0.243. The smallest absolute Gasteiger partial charge is 0.313 e. The molecule has 2 rings (SSSR count). The van der Waals surface area contributed by atoms with Crippen molar-refractivity contribution in [2.75, 3.05) is 5.75 Å². The van der Waals surface area contributed by atoms with Crippen molar-refractivity contribution in [3.8, 4) is 5.69 Å². The summed E-state index contributed by atoms with van der Waals surface area (Å²) >= 11 is 6.71. The molecular formula is C11H8ClFN2O2S. The lowest BCUT2D eigenvalue weighted by molar-refractivity contribution is -0.133. The second kappa shape index (κ2) is 5.41. The maximum Gasteiger partial charge on any atom is 0.313 e. The van der Waals surface area contributed by atoms with Crippen LogP contribution in [0.2, 0.25) is 5.02 Å². The molecule has 0 atom stereocenters. The Balaban J connectivity index is 2.36. The van der Waals surface area contributed by atoms with E-state index in [1.54, 1.807) is 18.3 Å². The van der Waals surface area contributed by atoms with Crippen LogP contribution >= 0.6 is 23.4 Å². The van der Waals surface area contributed by atoms with Gasteiger partial charge in [-0.3, -0.25) is 9.36 Å². The van der Waals surface area contributed by atoms with Gasteiger partial charge in [-0.15, -0.1) is 0 Å². The van der Waals surface area contributed by atoms with Crippen molar-refractivity contribution >= 4 is 29.3 Å². The molecule has 94 valence electrons. The summed E-state index contributed by atoms with van der Waals surface area (Å²) in [6, 6.07) is 4.61. The Morgan fingerprint density at radius 2 is 2.33 bits per heavy atom. The van der Waals surface area contributed by atoms with E-state index in [-0.39, 0.29) is 16.5 Å². The van der Waals surface area contributed by atoms with E-state index in [4.69, 9.17) is 16.7 Å². The summed E-state index contributed by atoms with van der Waals surface area (Å²) in [4.78, 5) is 14.5. The molecule has 18 heavy (non-hydrogen) atoms. The number of aromatic nitrogens is 2. The van der Waals surface area contributed by atoms with Crippen LogP contribution in [0, 0.1) is 5.82 Å². The zero-order valence-corrected chi connectivity index (χ0v) is 10.6. The molecule has 0 unspecified atom stereocenters. The van der Waals surface area contributed by atoms with Crippen molar-refractivity contribution < 1.29 is 14.3 Å². The van der Waals surface area contributed by atoms with Gasteiger partial charge in [-0.2, -0.15) is 0 Å². The average molecular weight is 287 g/mol. The first-order chi connectivity index (χ1) is 8.59. The fourth-order valence-corrected chi connectivity index (χ4v) is 2.24. The van der Waals surface area contributed by atoms with Gasteiger partial charge in [0.2, 0.25) is 0 Å². The number of rotatable bonds is 4. The van der Waals surface area contributed by atoms with Gasteiger partial charge < -0.3 is 5.11 Å². The van der Waals surface area contributed by atoms with E-state index in [1.807, 2.05) is 0 Å². The molecule has 0 bridgehead atoms. The topological polar surface area (TPSA) is 55.1 Å². The SMILES string of the molecule is O=C(O)CSc1nccn1-c1cccc(Cl)c1F. The number of thioether (sulfide) groups is 1. The molecule has 0 spiro atoms. The van der Waals surface area contributed by atoms with Gasteiger partial charge in [0.05, 0.1) is 16.5 Å². The molecule has 0 aliphatic rings. The number of hydrogen-bond acceptors (Lipinski definition) is 3. The molecule has 0 radical (unpaired) electrons. The number of carboxylic acid groups (broad SMARTS) is 1. The zero-order chi connectivity index (χ0) is 13.1. The van der Waals surface area contributed by atoms with Crippen LogP contribution < -0.4 is 0 Å². The molecule has 2 aromatic rings. The van der Waals surface area contributed by atoms with Gasteiger partial charge in [0, 0.05) is 12.4 Å². The Morgan fingerprint density at radius 3 is 3.06 bits per heavy atom. The second-order valence-corrected chi connectivity index (χ2v) is 4.68. The Kier molecular flexibility index (Phi) is 3.88. The third-order valence-corrected chi connectivity index (χ3v) is 3.37. The first-order valence-electron chi connectivity index (χ1n) is 4.92. The van der Waals surface area contributed by atoms with Crippen molar-refractivity contribution in [1.82, 2.24) is 9.55 Å². The number of imidazole rings is 1. The standard InChI is InChI=1S/C11H8ClFN2O2S/c12-7-2-1-3-8(10(7)13)15-5-4-14-11(15)18-6-9(16)17/h1-5H,6H2,(H,16,17). The van der Waals surface area contributed by atoms with E-state index in [0.29, 0.717) is 5.16 Å². The van der Waals surface area contributed by atoms with E-state index < -0.39 is 11.8 Å². The van der Waals surface area contributed by atoms with Gasteiger partial charge in [0.15, 0.2) is 11.0 Å². The molecule has 1 aromatic heterocycles. The predicted molar refractivity (Wildman–Crippen MR) is 66.9 cm³/mol. The average Bonchev–Trinajstić information content (AvgIpc) is 2.78. The van der Waals surface area contributed by atoms with Crippen LogP contribution in [0.1, 0.15) is 0 Å². The van der Waals surface area contributed by atoms with Gasteiger partial charge in [0.1, 0.15) is 0 Å². The highest BCUT2D eigenvalue weighted by Crippen LogP contribution is 2.25. The minimum absolute atomic E-state index is 0.00962. The summed E-state index contributed by atoms with van der Waals surface area (Å²) in [5.74, 6) is -1.66. The number of carbonyl (C=O) groups is 1. The number of aliphatic carboxylic acids is 1. The van der Waals surface area contributed by atoms with Gasteiger partial charge in [-0.25, -0.2) is 9.37 Å². The van der Waals surface area contributed by atoms with Gasteiger partial charge in [-0.1, -0.05) is 29.4 Å². The lowest BCUT2D eigenvalue weighted by Crippen LogP contribution is -2.02. The van der Waals surface area contributed by atoms with E-state index in [0.717, 1.165) is 11.8 Å². The highest BCUT2D eigenvalue weighted by molar-refractivity contribution is 7.99. The van der Waals surface area contributed by atoms with E-state index in [2.05, 4.69) is 4.98 Å². The summed E-state index contributed by atoms with van der Waals surface area (Å²) < 4.78 is 15.3. The fourth-order valence-electron chi connectivity index (χ4n) is 1.38. The lowest BCUT2D eigenvalue weighted by Gasteiger charge is -2.08. The van der Waals surface area contributed by atoms with E-state index in [1.165, 1.54) is 16.8 Å². The first kappa shape index (κ1) is 12.9. The van der Waals surface area contributed by atoms with Crippen LogP contribution in [-0.2, 0) is 4.79 Å². The molecule has 0 aliphatic heterocycles. The minimum Gasteiger partial charge on any atom is -0.481 e. The molecule has 0 saturated carbocycles. The Labute approximate surface area is 111 Å². The van der Waals surface area contributed by atoms with Crippen LogP contribution in [0.4, 0.5) is 4.39 Å². The molecule has 1 aromatic carbocycles. The molecule has 1 heterocycles. The Bertz CT molecular complexity index is 588. The molecule has 0 amide bonds. The van der Waals surface area contributed by atoms with Crippen molar-refractivity contribution in [3.63, 3.8) is 0 Å². The van der Waals surface area contributed by atoms with Gasteiger partial charge in [0.25, 0.3) is 0 Å². The highest BCUT2D eigenvalue weighted by atomic mass is 35.5. The summed E-state index contributed by atoms with van der Waals surface area (Å²) in [6.45, 7) is 0. The van der Waals surface area contributed by atoms with Crippen LogP contribution in [0.15, 0.2) is 35.7 Å². The molecule has 0 aliphatic carbocycles. The zero-order valence-electron chi connectivity index (χ0n) is 9.01. The number of benzene rings is 1. The lowest BCUT2D eigenvalue weighted by atomic mass is 10.3. The number of hydrogen-bond donors (Lipinski definition) is 1. The maximum absolute atomic E-state index is 13.8. The van der Waals surface area contributed by atoms with Crippen molar-refractivity contribution in [2.24, 2.45) is 0 Å². The molecule has 7 heteroatoms. The monoisotopic (exact) mass is 286 g/mol. The molecule has 1 N–H and O–H groups in total. The van der Waals surface area contributed by atoms with Gasteiger partial charge in [-0.05, 0) is 12.1 Å². The molecule has 0 saturated heterocycles. The predicted octanol–water partition coefficient (Wildman–Crippen LogP) is 2.84. The quantitative estimate of drug-likeness (QED) is 0.878. The number of carboxylic acids is 1. The molecular weight excluding hydrogens is 279 g/mol. The second-order valence-electron chi connectivity index (χ2n) is 3.34. The Morgan fingerprint density at radius 1 is 1.56 bits per heavy atom. The van der Waals surface area contributed by atoms with Crippen molar-refractivity contribution in [1.29, 1.82) is 0 Å². The van der Waals surface area contributed by atoms with E-state index in [9.17, 15) is 9.18 Å². The van der Waals surface area contributed by atoms with Crippen LogP contribution in [0.25, 0.3) is 5.69 Å². The van der Waals surface area contributed by atoms with Gasteiger partial charge >= 0.3 is 5.97 Å². The first-order valence-corrected chi connectivity index (χ1v) is 6.28. The minimum atomic E-state index is -0.957. The third-order valence-electron chi connectivity index (χ3n) is 2.12. The highest BCUT2D eigenvalue weighted by Gasteiger charge is 2.13. The third kappa shape index (κ3) is 2.65. The summed E-state index contributed by atoms with van der Waals surface area (Å²) in [7, 11) is 0. The normalized spacial score (nSPS) is 10.6. The summed E-state index contributed by atoms with van der Waals surface area (Å²) in [5, 5.41) is 9.03. The van der Waals surface area contributed by atoms with Crippen LogP contribution in [-0.4, -0.2) is 26.4 Å². The fraction of sp³-hybridized carbons (Fsp3) is 0.0909. The molecule has 0 fully saturated rings. The Hall–Kier alpha value is -1.53. The number of halogens is 2. The van der Waals surface area contributed by atoms with Crippen LogP contribution in [0.3, 0.4) is 0 Å². The van der Waals surface area contributed by atoms with Crippen LogP contribution in [0.5, 0.6) is 0 Å². The van der Waals surface area contributed by atoms with E-state index >= 15 is 0 Å². The summed E-state index contributed by atoms with van der Waals surface area (Å²) in [6.07, 6.45) is 3.03. The maximum atomic E-state index is 13.8. The molecule has 4 nitrogen and oxygen atoms in total. The largest absolute Gasteiger partial charge is 0.481 e. The number of nitrogens with zero attached hydrogens (tertiary/aromatic N) is 2. The van der Waals surface area contributed by atoms with Crippen molar-refractivity contribution in [2.45, 2.75) is 5.16 Å². The van der Waals surface area contributed by atoms with Crippen molar-refractivity contribution in [3.05, 3.63) is 41.4 Å².